The molecule has 0 spiro atoms. The number of nitrogens with zero attached hydrogens (tertiary/aromatic N) is 2. The molecule has 1 aromatic rings. The lowest BCUT2D eigenvalue weighted by Crippen LogP contribution is -2.49. The molecule has 26 heavy (non-hydrogen) atoms. The van der Waals surface area contributed by atoms with Gasteiger partial charge in [-0.15, -0.1) is 0 Å². The summed E-state index contributed by atoms with van der Waals surface area (Å²) >= 11 is 0. The zero-order chi connectivity index (χ0) is 18.0. The third-order valence-corrected chi connectivity index (χ3v) is 5.91. The van der Waals surface area contributed by atoms with Crippen LogP contribution in [0.4, 0.5) is 4.79 Å². The zero-order valence-corrected chi connectivity index (χ0v) is 15.0. The predicted octanol–water partition coefficient (Wildman–Crippen LogP) is -0.151. The van der Waals surface area contributed by atoms with Gasteiger partial charge >= 0.3 is 6.03 Å². The molecule has 3 heterocycles. The second-order valence-corrected chi connectivity index (χ2v) is 7.61. The van der Waals surface area contributed by atoms with Crippen LogP contribution in [0.25, 0.3) is 0 Å². The number of nitrogens with one attached hydrogen (secondary N) is 3. The van der Waals surface area contributed by atoms with Crippen LogP contribution in [0.15, 0.2) is 30.3 Å². The lowest BCUT2D eigenvalue weighted by atomic mass is 9.80. The largest absolute Gasteiger partial charge is 0.354 e. The minimum Gasteiger partial charge on any atom is -0.354 e. The number of carbonyl (C=O) groups excluding carboxylic acids is 2. The summed E-state index contributed by atoms with van der Waals surface area (Å²) < 4.78 is 0. The van der Waals surface area contributed by atoms with Crippen LogP contribution in [0.5, 0.6) is 0 Å². The van der Waals surface area contributed by atoms with Gasteiger partial charge in [0.2, 0.25) is 5.91 Å². The van der Waals surface area contributed by atoms with Crippen molar-refractivity contribution in [3.63, 3.8) is 0 Å². The van der Waals surface area contributed by atoms with Crippen LogP contribution < -0.4 is 16.0 Å². The van der Waals surface area contributed by atoms with Crippen molar-refractivity contribution in [1.29, 1.82) is 0 Å². The summed E-state index contributed by atoms with van der Waals surface area (Å²) in [6.07, 6.45) is 0. The van der Waals surface area contributed by atoms with Crippen molar-refractivity contribution in [3.05, 3.63) is 35.9 Å². The van der Waals surface area contributed by atoms with Crippen LogP contribution >= 0.6 is 0 Å². The fraction of sp³-hybridized carbons (Fsp3) is 0.579. The van der Waals surface area contributed by atoms with E-state index in [2.05, 4.69) is 45.1 Å². The van der Waals surface area contributed by atoms with Gasteiger partial charge in [-0.05, 0) is 5.56 Å². The van der Waals surface area contributed by atoms with Crippen molar-refractivity contribution in [3.8, 4) is 0 Å². The Hall–Kier alpha value is -2.12. The summed E-state index contributed by atoms with van der Waals surface area (Å²) in [5, 5.41) is 9.28. The van der Waals surface area contributed by atoms with Crippen LogP contribution in [0.2, 0.25) is 0 Å². The summed E-state index contributed by atoms with van der Waals surface area (Å²) in [6, 6.07) is 10.4. The molecule has 140 valence electrons. The molecule has 0 bridgehead atoms. The molecule has 7 nitrogen and oxygen atoms in total. The fourth-order valence-electron chi connectivity index (χ4n) is 4.51. The maximum Gasteiger partial charge on any atom is 0.317 e. The van der Waals surface area contributed by atoms with Gasteiger partial charge in [-0.3, -0.25) is 9.69 Å². The highest BCUT2D eigenvalue weighted by Crippen LogP contribution is 2.39. The molecule has 3 aliphatic heterocycles. The quantitative estimate of drug-likeness (QED) is 0.662. The smallest absolute Gasteiger partial charge is 0.317 e. The number of hydrogen-bond acceptors (Lipinski definition) is 4. The first kappa shape index (κ1) is 17.3. The number of likely N-dealkylation sites (tertiary alicyclic amines) is 1. The van der Waals surface area contributed by atoms with Gasteiger partial charge in [0.15, 0.2) is 0 Å². The standard InChI is InChI=1S/C19H27N5O2/c25-17(21-6-8-24-9-7-22-18(24)26)19-13-20-10-16(19)12-23(14-19)11-15-4-2-1-3-5-15/h1-5,16,20H,6-14H2,(H,21,25)(H,22,26). The van der Waals surface area contributed by atoms with Gasteiger partial charge in [0.05, 0.1) is 5.41 Å². The minimum atomic E-state index is -0.345. The molecule has 0 radical (unpaired) electrons. The molecule has 3 saturated heterocycles. The third-order valence-electron chi connectivity index (χ3n) is 5.91. The summed E-state index contributed by atoms with van der Waals surface area (Å²) in [4.78, 5) is 28.7. The van der Waals surface area contributed by atoms with Gasteiger partial charge < -0.3 is 20.9 Å². The monoisotopic (exact) mass is 357 g/mol. The first-order valence-corrected chi connectivity index (χ1v) is 9.45. The topological polar surface area (TPSA) is 76.7 Å². The summed E-state index contributed by atoms with van der Waals surface area (Å²) in [7, 11) is 0. The van der Waals surface area contributed by atoms with Crippen molar-refractivity contribution in [2.45, 2.75) is 6.54 Å². The number of carbonyl (C=O) groups is 2. The first-order valence-electron chi connectivity index (χ1n) is 9.45. The Labute approximate surface area is 154 Å². The Morgan fingerprint density at radius 1 is 1.31 bits per heavy atom. The van der Waals surface area contributed by atoms with Crippen LogP contribution in [0.3, 0.4) is 0 Å². The third kappa shape index (κ3) is 3.29. The number of benzene rings is 1. The molecular weight excluding hydrogens is 330 g/mol. The SMILES string of the molecule is O=C1NCCN1CCNC(=O)C12CNCC1CN(Cc1ccccc1)C2. The number of amides is 3. The molecule has 0 aliphatic carbocycles. The van der Waals surface area contributed by atoms with Gasteiger partial charge in [-0.25, -0.2) is 4.79 Å². The number of rotatable bonds is 6. The minimum absolute atomic E-state index is 0.0345. The van der Waals surface area contributed by atoms with Crippen molar-refractivity contribution in [2.75, 3.05) is 52.4 Å². The Kier molecular flexibility index (Phi) is 4.82. The van der Waals surface area contributed by atoms with E-state index in [0.717, 1.165) is 39.3 Å². The Morgan fingerprint density at radius 2 is 2.15 bits per heavy atom. The molecule has 2 unspecified atom stereocenters. The van der Waals surface area contributed by atoms with E-state index in [9.17, 15) is 9.59 Å². The van der Waals surface area contributed by atoms with Crippen molar-refractivity contribution in [1.82, 2.24) is 25.8 Å². The van der Waals surface area contributed by atoms with E-state index in [1.54, 1.807) is 4.90 Å². The van der Waals surface area contributed by atoms with Gasteiger partial charge in [-0.1, -0.05) is 30.3 Å². The highest BCUT2D eigenvalue weighted by Gasteiger charge is 2.54. The van der Waals surface area contributed by atoms with E-state index >= 15 is 0 Å². The lowest BCUT2D eigenvalue weighted by molar-refractivity contribution is -0.130. The predicted molar refractivity (Wildman–Crippen MR) is 98.5 cm³/mol. The average molecular weight is 357 g/mol. The Balaban J connectivity index is 1.34. The molecule has 1 aromatic carbocycles. The average Bonchev–Trinajstić information content (AvgIpc) is 3.31. The van der Waals surface area contributed by atoms with Gasteiger partial charge in [0.25, 0.3) is 0 Å². The molecule has 0 saturated carbocycles. The number of hydrogen-bond donors (Lipinski definition) is 3. The summed E-state index contributed by atoms with van der Waals surface area (Å²) in [6.45, 7) is 6.75. The molecular formula is C19H27N5O2. The highest BCUT2D eigenvalue weighted by atomic mass is 16.2. The van der Waals surface area contributed by atoms with E-state index in [4.69, 9.17) is 0 Å². The number of urea groups is 1. The molecule has 7 heteroatoms. The maximum absolute atomic E-state index is 13.0. The zero-order valence-electron chi connectivity index (χ0n) is 15.0. The molecule has 3 aliphatic rings. The van der Waals surface area contributed by atoms with E-state index in [1.165, 1.54) is 5.56 Å². The van der Waals surface area contributed by atoms with E-state index < -0.39 is 0 Å². The summed E-state index contributed by atoms with van der Waals surface area (Å²) in [5.74, 6) is 0.476. The van der Waals surface area contributed by atoms with E-state index in [-0.39, 0.29) is 17.4 Å². The maximum atomic E-state index is 13.0. The fourth-order valence-corrected chi connectivity index (χ4v) is 4.51. The molecule has 4 rings (SSSR count). The van der Waals surface area contributed by atoms with Crippen molar-refractivity contribution < 1.29 is 9.59 Å². The van der Waals surface area contributed by atoms with Gasteiger partial charge in [0.1, 0.15) is 0 Å². The first-order chi connectivity index (χ1) is 12.7. The Bertz CT molecular complexity index is 667. The van der Waals surface area contributed by atoms with Gasteiger partial charge in [-0.2, -0.15) is 0 Å². The van der Waals surface area contributed by atoms with E-state index in [1.807, 2.05) is 6.07 Å². The van der Waals surface area contributed by atoms with Crippen LogP contribution in [0.1, 0.15) is 5.56 Å². The second kappa shape index (κ2) is 7.25. The molecule has 3 amide bonds. The molecule has 2 atom stereocenters. The van der Waals surface area contributed by atoms with Crippen molar-refractivity contribution >= 4 is 11.9 Å². The highest BCUT2D eigenvalue weighted by molar-refractivity contribution is 5.84. The van der Waals surface area contributed by atoms with Crippen LogP contribution in [-0.4, -0.2) is 74.1 Å². The molecule has 3 fully saturated rings. The van der Waals surface area contributed by atoms with Crippen LogP contribution in [-0.2, 0) is 11.3 Å². The van der Waals surface area contributed by atoms with Crippen molar-refractivity contribution in [2.24, 2.45) is 11.3 Å². The lowest BCUT2D eigenvalue weighted by Gasteiger charge is -2.27. The molecule has 0 aromatic heterocycles. The number of fused-ring (bicyclic) bond motifs is 1. The van der Waals surface area contributed by atoms with E-state index in [0.29, 0.717) is 25.6 Å². The summed E-state index contributed by atoms with van der Waals surface area (Å²) in [5.41, 5.74) is 0.943. The molecule has 3 N–H and O–H groups in total. The second-order valence-electron chi connectivity index (χ2n) is 7.61. The normalized spacial score (nSPS) is 28.2. The van der Waals surface area contributed by atoms with Gasteiger partial charge in [0, 0.05) is 64.8 Å². The van der Waals surface area contributed by atoms with Crippen LogP contribution in [0, 0.1) is 11.3 Å². The Morgan fingerprint density at radius 3 is 2.92 bits per heavy atom.